The van der Waals surface area contributed by atoms with Crippen molar-refractivity contribution in [2.75, 3.05) is 26.2 Å². The van der Waals surface area contributed by atoms with Gasteiger partial charge in [-0.25, -0.2) is 4.79 Å². The molecule has 2 atom stereocenters. The van der Waals surface area contributed by atoms with Gasteiger partial charge < -0.3 is 14.5 Å². The molecular formula is C27H30N4O4. The Morgan fingerprint density at radius 1 is 1.06 bits per heavy atom. The summed E-state index contributed by atoms with van der Waals surface area (Å²) in [4.78, 5) is 35.3. The number of benzene rings is 1. The minimum absolute atomic E-state index is 0.0460. The number of carbonyl (C=O) groups excluding carboxylic acids is 2. The van der Waals surface area contributed by atoms with E-state index in [1.807, 2.05) is 36.4 Å². The van der Waals surface area contributed by atoms with Gasteiger partial charge in [-0.05, 0) is 69.0 Å². The minimum Gasteiger partial charge on any atom is -0.460 e. The Balaban J connectivity index is 1.21. The van der Waals surface area contributed by atoms with Crippen LogP contribution in [0.5, 0.6) is 0 Å². The number of aromatic nitrogens is 1. The van der Waals surface area contributed by atoms with E-state index in [4.69, 9.17) is 9.15 Å². The quantitative estimate of drug-likeness (QED) is 0.549. The summed E-state index contributed by atoms with van der Waals surface area (Å²) < 4.78 is 11.7. The first kappa shape index (κ1) is 22.2. The van der Waals surface area contributed by atoms with Crippen LogP contribution in [0.25, 0.3) is 11.0 Å². The van der Waals surface area contributed by atoms with Gasteiger partial charge in [-0.15, -0.1) is 0 Å². The Hall–Kier alpha value is -3.23. The second kappa shape index (κ2) is 9.09. The van der Waals surface area contributed by atoms with E-state index in [0.29, 0.717) is 18.8 Å². The molecular weight excluding hydrogens is 444 g/mol. The third-order valence-corrected chi connectivity index (χ3v) is 7.67. The largest absolute Gasteiger partial charge is 0.460 e. The van der Waals surface area contributed by atoms with Gasteiger partial charge in [0.1, 0.15) is 11.3 Å². The number of rotatable bonds is 6. The molecule has 3 aliphatic rings. The SMILES string of the molecule is O=C1N[C@@](c2ccccn2)(C2CCN(Cc3cc4ccccc4o3)CC2)C(=O)N1C[C@@H]1CCCO1. The van der Waals surface area contributed by atoms with Gasteiger partial charge in [0.25, 0.3) is 5.91 Å². The first-order chi connectivity index (χ1) is 17.1. The smallest absolute Gasteiger partial charge is 0.325 e. The van der Waals surface area contributed by atoms with Crippen molar-refractivity contribution in [1.82, 2.24) is 20.1 Å². The highest BCUT2D eigenvalue weighted by molar-refractivity contribution is 6.07. The number of amides is 3. The third kappa shape index (κ3) is 4.00. The number of carbonyl (C=O) groups is 2. The fourth-order valence-corrected chi connectivity index (χ4v) is 5.87. The fourth-order valence-electron chi connectivity index (χ4n) is 5.87. The highest BCUT2D eigenvalue weighted by Gasteiger charge is 2.58. The zero-order valence-electron chi connectivity index (χ0n) is 19.7. The van der Waals surface area contributed by atoms with Crippen LogP contribution in [0.1, 0.15) is 37.1 Å². The van der Waals surface area contributed by atoms with Gasteiger partial charge in [-0.2, -0.15) is 0 Å². The second-order valence-corrected chi connectivity index (χ2v) is 9.80. The molecule has 8 heteroatoms. The molecule has 0 saturated carbocycles. The topological polar surface area (TPSA) is 87.9 Å². The van der Waals surface area contributed by atoms with E-state index in [1.165, 1.54) is 4.90 Å². The van der Waals surface area contributed by atoms with Crippen molar-refractivity contribution in [3.63, 3.8) is 0 Å². The van der Waals surface area contributed by atoms with Crippen LogP contribution in [0.4, 0.5) is 4.79 Å². The number of furan rings is 1. The summed E-state index contributed by atoms with van der Waals surface area (Å²) in [6.07, 6.45) is 4.98. The molecule has 5 heterocycles. The molecule has 0 aliphatic carbocycles. The summed E-state index contributed by atoms with van der Waals surface area (Å²) in [7, 11) is 0. The van der Waals surface area contributed by atoms with E-state index in [0.717, 1.165) is 62.0 Å². The first-order valence-electron chi connectivity index (χ1n) is 12.5. The van der Waals surface area contributed by atoms with Crippen molar-refractivity contribution in [3.05, 3.63) is 66.2 Å². The lowest BCUT2D eigenvalue weighted by atomic mass is 9.75. The Kier molecular flexibility index (Phi) is 5.78. The third-order valence-electron chi connectivity index (χ3n) is 7.67. The molecule has 0 bridgehead atoms. The fraction of sp³-hybridized carbons (Fsp3) is 0.444. The van der Waals surface area contributed by atoms with Gasteiger partial charge in [0, 0.05) is 18.2 Å². The summed E-state index contributed by atoms with van der Waals surface area (Å²) in [6.45, 7) is 3.33. The summed E-state index contributed by atoms with van der Waals surface area (Å²) in [5, 5.41) is 4.20. The van der Waals surface area contributed by atoms with E-state index in [-0.39, 0.29) is 24.0 Å². The molecule has 3 saturated heterocycles. The highest BCUT2D eigenvalue weighted by Crippen LogP contribution is 2.41. The Bertz CT molecular complexity index is 1180. The normalized spacial score (nSPS) is 26.1. The van der Waals surface area contributed by atoms with Crippen molar-refractivity contribution in [1.29, 1.82) is 0 Å². The molecule has 3 fully saturated rings. The number of imide groups is 1. The minimum atomic E-state index is -1.14. The summed E-state index contributed by atoms with van der Waals surface area (Å²) in [5.41, 5.74) is 0.378. The number of hydrogen-bond acceptors (Lipinski definition) is 6. The monoisotopic (exact) mass is 474 g/mol. The van der Waals surface area contributed by atoms with Gasteiger partial charge in [0.2, 0.25) is 0 Å². The number of para-hydroxylation sites is 1. The lowest BCUT2D eigenvalue weighted by Gasteiger charge is -2.40. The van der Waals surface area contributed by atoms with Gasteiger partial charge in [-0.1, -0.05) is 24.3 Å². The van der Waals surface area contributed by atoms with Gasteiger partial charge in [-0.3, -0.25) is 19.6 Å². The zero-order chi connectivity index (χ0) is 23.8. The van der Waals surface area contributed by atoms with E-state index in [1.54, 1.807) is 6.20 Å². The number of hydrogen-bond donors (Lipinski definition) is 1. The molecule has 0 spiro atoms. The molecule has 3 aromatic rings. The summed E-state index contributed by atoms with van der Waals surface area (Å²) in [6, 6.07) is 15.4. The van der Waals surface area contributed by atoms with Gasteiger partial charge >= 0.3 is 6.03 Å². The number of nitrogens with zero attached hydrogens (tertiary/aromatic N) is 3. The van der Waals surface area contributed by atoms with Crippen LogP contribution in [0.15, 0.2) is 59.1 Å². The number of ether oxygens (including phenoxy) is 1. The predicted octanol–water partition coefficient (Wildman–Crippen LogP) is 3.67. The van der Waals surface area contributed by atoms with Crippen molar-refractivity contribution in [2.24, 2.45) is 5.92 Å². The average Bonchev–Trinajstić information content (AvgIpc) is 3.60. The van der Waals surface area contributed by atoms with E-state index >= 15 is 0 Å². The van der Waals surface area contributed by atoms with Gasteiger partial charge in [0.05, 0.1) is 24.9 Å². The molecule has 35 heavy (non-hydrogen) atoms. The Labute approximate surface area is 204 Å². The lowest BCUT2D eigenvalue weighted by Crippen LogP contribution is -2.54. The van der Waals surface area contributed by atoms with E-state index < -0.39 is 5.54 Å². The number of nitrogens with one attached hydrogen (secondary N) is 1. The average molecular weight is 475 g/mol. The maximum atomic E-state index is 13.9. The van der Waals surface area contributed by atoms with Crippen LogP contribution >= 0.6 is 0 Å². The maximum absolute atomic E-state index is 13.9. The molecule has 0 radical (unpaired) electrons. The Morgan fingerprint density at radius 3 is 2.63 bits per heavy atom. The van der Waals surface area contributed by atoms with Crippen LogP contribution in [0.2, 0.25) is 0 Å². The molecule has 3 aliphatic heterocycles. The van der Waals surface area contributed by atoms with Crippen molar-refractivity contribution in [3.8, 4) is 0 Å². The number of piperidine rings is 1. The molecule has 2 aromatic heterocycles. The van der Waals surface area contributed by atoms with Gasteiger partial charge in [0.15, 0.2) is 5.54 Å². The Morgan fingerprint density at radius 2 is 1.89 bits per heavy atom. The number of urea groups is 1. The number of likely N-dealkylation sites (tertiary alicyclic amines) is 1. The maximum Gasteiger partial charge on any atom is 0.325 e. The van der Waals surface area contributed by atoms with Crippen molar-refractivity contribution in [2.45, 2.75) is 43.9 Å². The van der Waals surface area contributed by atoms with Crippen LogP contribution in [0.3, 0.4) is 0 Å². The summed E-state index contributed by atoms with van der Waals surface area (Å²) in [5.74, 6) is 0.694. The molecule has 6 rings (SSSR count). The molecule has 0 unspecified atom stereocenters. The number of pyridine rings is 1. The molecule has 1 aromatic carbocycles. The second-order valence-electron chi connectivity index (χ2n) is 9.80. The van der Waals surface area contributed by atoms with Crippen molar-refractivity contribution < 1.29 is 18.7 Å². The first-order valence-corrected chi connectivity index (χ1v) is 12.5. The number of fused-ring (bicyclic) bond motifs is 1. The zero-order valence-corrected chi connectivity index (χ0v) is 19.7. The van der Waals surface area contributed by atoms with Crippen LogP contribution < -0.4 is 5.32 Å². The molecule has 3 amide bonds. The summed E-state index contributed by atoms with van der Waals surface area (Å²) >= 11 is 0. The molecule has 1 N–H and O–H groups in total. The lowest BCUT2D eigenvalue weighted by molar-refractivity contribution is -0.135. The van der Waals surface area contributed by atoms with Crippen molar-refractivity contribution >= 4 is 22.9 Å². The van der Waals surface area contributed by atoms with Crippen LogP contribution in [-0.2, 0) is 21.6 Å². The van der Waals surface area contributed by atoms with Crippen LogP contribution in [-0.4, -0.2) is 59.1 Å². The molecule has 182 valence electrons. The molecule has 8 nitrogen and oxygen atoms in total. The van der Waals surface area contributed by atoms with Crippen LogP contribution in [0, 0.1) is 5.92 Å². The standard InChI is InChI=1S/C27H30N4O4/c32-25-27(24-9-3-4-12-28-24,29-26(33)31(25)18-21-7-5-15-34-21)20-10-13-30(14-11-20)17-22-16-19-6-1-2-8-23(19)35-22/h1-4,6,8-9,12,16,20-21H,5,7,10-11,13-15,17-18H2,(H,29,33)/t21-,27+/m0/s1. The van der Waals surface area contributed by atoms with E-state index in [2.05, 4.69) is 27.3 Å². The highest BCUT2D eigenvalue weighted by atomic mass is 16.5. The van der Waals surface area contributed by atoms with E-state index in [9.17, 15) is 9.59 Å². The predicted molar refractivity (Wildman–Crippen MR) is 129 cm³/mol.